The Bertz CT molecular complexity index is 101. The standard InChI is InChI=1S/C5H8Br2O/c1-5(2,8)4(7)3-6/h3,8H,1-2H3. The van der Waals surface area contributed by atoms with Gasteiger partial charge in [-0.25, -0.2) is 0 Å². The van der Waals surface area contributed by atoms with Crippen LogP contribution in [0.2, 0.25) is 0 Å². The lowest BCUT2D eigenvalue weighted by molar-refractivity contribution is 0.130. The first-order chi connectivity index (χ1) is 3.48. The molecule has 0 fully saturated rings. The van der Waals surface area contributed by atoms with E-state index in [9.17, 15) is 0 Å². The van der Waals surface area contributed by atoms with Gasteiger partial charge in [-0.05, 0) is 18.8 Å². The summed E-state index contributed by atoms with van der Waals surface area (Å²) < 4.78 is 0.741. The minimum atomic E-state index is -0.760. The minimum absolute atomic E-state index is 0.741. The summed E-state index contributed by atoms with van der Waals surface area (Å²) in [4.78, 5) is 1.65. The molecule has 0 saturated carbocycles. The first-order valence-corrected chi connectivity index (χ1v) is 3.88. The highest BCUT2D eigenvalue weighted by molar-refractivity contribution is 9.14. The largest absolute Gasteiger partial charge is 0.385 e. The average Bonchev–Trinajstić information content (AvgIpc) is 1.62. The van der Waals surface area contributed by atoms with Crippen molar-refractivity contribution in [1.82, 2.24) is 0 Å². The molecule has 0 rings (SSSR count). The number of hydrogen-bond donors (Lipinski definition) is 1. The average molecular weight is 244 g/mol. The molecule has 0 heterocycles. The molecule has 0 aliphatic heterocycles. The number of rotatable bonds is 1. The fourth-order valence-electron chi connectivity index (χ4n) is 0.134. The summed E-state index contributed by atoms with van der Waals surface area (Å²) in [6.07, 6.45) is 0. The van der Waals surface area contributed by atoms with Gasteiger partial charge in [0.15, 0.2) is 0 Å². The maximum atomic E-state index is 9.14. The Morgan fingerprint density at radius 3 is 2.00 bits per heavy atom. The van der Waals surface area contributed by atoms with Crippen LogP contribution < -0.4 is 0 Å². The maximum absolute atomic E-state index is 9.14. The van der Waals surface area contributed by atoms with Gasteiger partial charge in [-0.3, -0.25) is 0 Å². The van der Waals surface area contributed by atoms with Gasteiger partial charge in [-0.15, -0.1) is 0 Å². The Hall–Kier alpha value is 0.660. The zero-order chi connectivity index (χ0) is 6.78. The predicted molar refractivity (Wildman–Crippen MR) is 42.2 cm³/mol. The molecule has 0 bridgehead atoms. The van der Waals surface area contributed by atoms with E-state index >= 15 is 0 Å². The van der Waals surface area contributed by atoms with E-state index in [2.05, 4.69) is 31.9 Å². The summed E-state index contributed by atoms with van der Waals surface area (Å²) in [5.41, 5.74) is -0.760. The van der Waals surface area contributed by atoms with Crippen LogP contribution in [0.4, 0.5) is 0 Å². The normalized spacial score (nSPS) is 14.4. The molecule has 1 nitrogen and oxygen atoms in total. The topological polar surface area (TPSA) is 20.2 Å². The molecule has 0 spiro atoms. The second kappa shape index (κ2) is 2.99. The van der Waals surface area contributed by atoms with Crippen molar-refractivity contribution in [3.63, 3.8) is 0 Å². The molecule has 0 saturated heterocycles. The van der Waals surface area contributed by atoms with Crippen LogP contribution in [0.15, 0.2) is 9.47 Å². The fourth-order valence-corrected chi connectivity index (χ4v) is 0.694. The Balaban J connectivity index is 4.03. The zero-order valence-electron chi connectivity index (χ0n) is 4.78. The molecule has 0 unspecified atom stereocenters. The van der Waals surface area contributed by atoms with E-state index in [0.717, 1.165) is 4.48 Å². The van der Waals surface area contributed by atoms with Crippen molar-refractivity contribution in [2.24, 2.45) is 0 Å². The van der Waals surface area contributed by atoms with Gasteiger partial charge in [0.2, 0.25) is 0 Å². The van der Waals surface area contributed by atoms with Crippen LogP contribution in [0.3, 0.4) is 0 Å². The summed E-state index contributed by atoms with van der Waals surface area (Å²) >= 11 is 6.24. The van der Waals surface area contributed by atoms with E-state index in [1.165, 1.54) is 0 Å². The van der Waals surface area contributed by atoms with Crippen molar-refractivity contribution in [3.05, 3.63) is 9.47 Å². The minimum Gasteiger partial charge on any atom is -0.385 e. The van der Waals surface area contributed by atoms with Gasteiger partial charge in [0.05, 0.1) is 5.60 Å². The van der Waals surface area contributed by atoms with Crippen LogP contribution >= 0.6 is 31.9 Å². The molecule has 1 N–H and O–H groups in total. The highest BCUT2D eigenvalue weighted by atomic mass is 79.9. The van der Waals surface area contributed by atoms with Gasteiger partial charge < -0.3 is 5.11 Å². The first-order valence-electron chi connectivity index (χ1n) is 2.17. The van der Waals surface area contributed by atoms with Gasteiger partial charge in [-0.1, -0.05) is 31.9 Å². The Kier molecular flexibility index (Phi) is 3.24. The van der Waals surface area contributed by atoms with Crippen molar-refractivity contribution >= 4 is 31.9 Å². The molecular formula is C5H8Br2O. The third-order valence-corrected chi connectivity index (χ3v) is 2.95. The maximum Gasteiger partial charge on any atom is 0.0909 e. The third kappa shape index (κ3) is 2.84. The van der Waals surface area contributed by atoms with Crippen molar-refractivity contribution in [1.29, 1.82) is 0 Å². The molecule has 0 aromatic heterocycles. The van der Waals surface area contributed by atoms with Gasteiger partial charge in [0.25, 0.3) is 0 Å². The summed E-state index contributed by atoms with van der Waals surface area (Å²) in [7, 11) is 0. The van der Waals surface area contributed by atoms with Crippen LogP contribution in [-0.2, 0) is 0 Å². The molecule has 48 valence electrons. The van der Waals surface area contributed by atoms with Gasteiger partial charge >= 0.3 is 0 Å². The molecule has 0 aromatic carbocycles. The molecule has 0 atom stereocenters. The van der Waals surface area contributed by atoms with E-state index in [4.69, 9.17) is 5.11 Å². The van der Waals surface area contributed by atoms with Gasteiger partial charge in [-0.2, -0.15) is 0 Å². The summed E-state index contributed by atoms with van der Waals surface area (Å²) in [6, 6.07) is 0. The molecule has 0 amide bonds. The fraction of sp³-hybridized carbons (Fsp3) is 0.600. The van der Waals surface area contributed by atoms with E-state index in [1.807, 2.05) is 0 Å². The molecule has 0 aliphatic carbocycles. The van der Waals surface area contributed by atoms with E-state index < -0.39 is 5.60 Å². The molecule has 8 heavy (non-hydrogen) atoms. The monoisotopic (exact) mass is 242 g/mol. The Morgan fingerprint density at radius 1 is 1.62 bits per heavy atom. The quantitative estimate of drug-likeness (QED) is 0.750. The molecular weight excluding hydrogens is 236 g/mol. The van der Waals surface area contributed by atoms with Crippen LogP contribution in [0.25, 0.3) is 0 Å². The highest BCUT2D eigenvalue weighted by Crippen LogP contribution is 2.22. The smallest absolute Gasteiger partial charge is 0.0909 e. The lowest BCUT2D eigenvalue weighted by Crippen LogP contribution is -2.17. The van der Waals surface area contributed by atoms with Crippen LogP contribution in [0.1, 0.15) is 13.8 Å². The van der Waals surface area contributed by atoms with Crippen LogP contribution in [0, 0.1) is 0 Å². The van der Waals surface area contributed by atoms with E-state index in [0.29, 0.717) is 0 Å². The van der Waals surface area contributed by atoms with Crippen molar-refractivity contribution < 1.29 is 5.11 Å². The molecule has 3 heteroatoms. The van der Waals surface area contributed by atoms with E-state index in [1.54, 1.807) is 18.8 Å². The third-order valence-electron chi connectivity index (χ3n) is 0.680. The van der Waals surface area contributed by atoms with Crippen LogP contribution in [-0.4, -0.2) is 10.7 Å². The lowest BCUT2D eigenvalue weighted by atomic mass is 10.1. The first kappa shape index (κ1) is 8.66. The zero-order valence-corrected chi connectivity index (χ0v) is 7.95. The Morgan fingerprint density at radius 2 is 2.00 bits per heavy atom. The molecule has 0 aromatic rings. The number of aliphatic hydroxyl groups is 1. The second-order valence-corrected chi connectivity index (χ2v) is 3.33. The number of halogens is 2. The van der Waals surface area contributed by atoms with Crippen molar-refractivity contribution in [2.75, 3.05) is 0 Å². The second-order valence-electron chi connectivity index (χ2n) is 2.02. The molecule has 0 radical (unpaired) electrons. The SMILES string of the molecule is CC(C)(O)C(Br)=CBr. The highest BCUT2D eigenvalue weighted by Gasteiger charge is 2.15. The number of hydrogen-bond acceptors (Lipinski definition) is 1. The lowest BCUT2D eigenvalue weighted by Gasteiger charge is -2.14. The van der Waals surface area contributed by atoms with Gasteiger partial charge in [0.1, 0.15) is 0 Å². The Labute approximate surface area is 66.0 Å². The van der Waals surface area contributed by atoms with Crippen molar-refractivity contribution in [2.45, 2.75) is 19.4 Å². The van der Waals surface area contributed by atoms with Gasteiger partial charge in [0, 0.05) is 4.48 Å². The van der Waals surface area contributed by atoms with E-state index in [-0.39, 0.29) is 0 Å². The van der Waals surface area contributed by atoms with Crippen LogP contribution in [0.5, 0.6) is 0 Å². The predicted octanol–water partition coefficient (Wildman–Crippen LogP) is 2.39. The summed E-state index contributed by atoms with van der Waals surface area (Å²) in [6.45, 7) is 3.41. The molecule has 0 aliphatic rings. The van der Waals surface area contributed by atoms with Crippen molar-refractivity contribution in [3.8, 4) is 0 Å². The summed E-state index contributed by atoms with van der Waals surface area (Å²) in [5, 5.41) is 9.14. The summed E-state index contributed by atoms with van der Waals surface area (Å²) in [5.74, 6) is 0.